The lowest BCUT2D eigenvalue weighted by atomic mass is 10.1. The lowest BCUT2D eigenvalue weighted by Crippen LogP contribution is -2.32. The van der Waals surface area contributed by atoms with E-state index in [1.54, 1.807) is 18.4 Å². The number of hydrogen-bond donors (Lipinski definition) is 2. The van der Waals surface area contributed by atoms with Crippen LogP contribution in [-0.4, -0.2) is 23.5 Å². The van der Waals surface area contributed by atoms with Crippen LogP contribution < -0.4 is 5.32 Å². The fraction of sp³-hybridized carbons (Fsp3) is 0.400. The summed E-state index contributed by atoms with van der Waals surface area (Å²) in [5.74, 6) is -1.64. The Labute approximate surface area is 106 Å². The van der Waals surface area contributed by atoms with Crippen molar-refractivity contribution in [1.29, 1.82) is 0 Å². The molecule has 1 aromatic heterocycles. The van der Waals surface area contributed by atoms with Gasteiger partial charge in [-0.1, -0.05) is 6.92 Å². The molecule has 0 saturated carbocycles. The van der Waals surface area contributed by atoms with Crippen LogP contribution in [0.5, 0.6) is 0 Å². The van der Waals surface area contributed by atoms with Crippen LogP contribution >= 0.6 is 27.3 Å². The molecule has 1 atom stereocenters. The molecule has 88 valence electrons. The van der Waals surface area contributed by atoms with Crippen molar-refractivity contribution in [3.8, 4) is 0 Å². The molecule has 0 saturated heterocycles. The maximum atomic E-state index is 11.6. The van der Waals surface area contributed by atoms with Crippen molar-refractivity contribution in [3.63, 3.8) is 0 Å². The summed E-state index contributed by atoms with van der Waals surface area (Å²) in [6.07, 6.45) is 0.501. The van der Waals surface area contributed by atoms with E-state index in [0.717, 1.165) is 4.47 Å². The van der Waals surface area contributed by atoms with Crippen molar-refractivity contribution in [1.82, 2.24) is 5.32 Å². The van der Waals surface area contributed by atoms with Gasteiger partial charge in [-0.3, -0.25) is 9.59 Å². The maximum absolute atomic E-state index is 11.6. The van der Waals surface area contributed by atoms with Gasteiger partial charge in [0, 0.05) is 11.0 Å². The van der Waals surface area contributed by atoms with Crippen LogP contribution in [-0.2, 0) is 4.79 Å². The van der Waals surface area contributed by atoms with E-state index in [-0.39, 0.29) is 12.5 Å². The second kappa shape index (κ2) is 6.00. The highest BCUT2D eigenvalue weighted by atomic mass is 79.9. The first-order chi connectivity index (χ1) is 7.56. The Hall–Kier alpha value is -0.880. The predicted molar refractivity (Wildman–Crippen MR) is 65.8 cm³/mol. The van der Waals surface area contributed by atoms with Gasteiger partial charge in [-0.25, -0.2) is 0 Å². The zero-order chi connectivity index (χ0) is 12.1. The molecular weight excluding hydrogens is 294 g/mol. The van der Waals surface area contributed by atoms with Crippen molar-refractivity contribution < 1.29 is 14.7 Å². The van der Waals surface area contributed by atoms with E-state index in [4.69, 9.17) is 5.11 Å². The summed E-state index contributed by atoms with van der Waals surface area (Å²) in [4.78, 5) is 23.0. The predicted octanol–water partition coefficient (Wildman–Crippen LogP) is 2.35. The highest BCUT2D eigenvalue weighted by Crippen LogP contribution is 2.22. The van der Waals surface area contributed by atoms with E-state index in [0.29, 0.717) is 11.3 Å². The van der Waals surface area contributed by atoms with Gasteiger partial charge in [0.15, 0.2) is 0 Å². The standard InChI is InChI=1S/C10H12BrNO3S/c1-2-6(10(14)15)5-12-9(13)8-7(11)3-4-16-8/h3-4,6H,2,5H2,1H3,(H,12,13)(H,14,15). The number of nitrogens with one attached hydrogen (secondary N) is 1. The summed E-state index contributed by atoms with van der Waals surface area (Å²) in [6.45, 7) is 1.95. The summed E-state index contributed by atoms with van der Waals surface area (Å²) in [5.41, 5.74) is 0. The summed E-state index contributed by atoms with van der Waals surface area (Å²) in [6, 6.07) is 1.79. The van der Waals surface area contributed by atoms with Crippen LogP contribution in [0.1, 0.15) is 23.0 Å². The van der Waals surface area contributed by atoms with Gasteiger partial charge in [-0.05, 0) is 33.8 Å². The molecule has 6 heteroatoms. The average molecular weight is 306 g/mol. The molecule has 0 radical (unpaired) electrons. The van der Waals surface area contributed by atoms with Crippen molar-refractivity contribution in [2.75, 3.05) is 6.54 Å². The third-order valence-corrected chi connectivity index (χ3v) is 4.01. The molecule has 0 fully saturated rings. The van der Waals surface area contributed by atoms with Crippen molar-refractivity contribution in [2.45, 2.75) is 13.3 Å². The zero-order valence-electron chi connectivity index (χ0n) is 8.70. The van der Waals surface area contributed by atoms with Crippen LogP contribution in [0.3, 0.4) is 0 Å². The van der Waals surface area contributed by atoms with E-state index < -0.39 is 11.9 Å². The molecule has 1 unspecified atom stereocenters. The number of amides is 1. The third kappa shape index (κ3) is 3.31. The smallest absolute Gasteiger partial charge is 0.308 e. The van der Waals surface area contributed by atoms with Gasteiger partial charge in [0.05, 0.1) is 5.92 Å². The van der Waals surface area contributed by atoms with Crippen molar-refractivity contribution >= 4 is 39.1 Å². The number of carbonyl (C=O) groups is 2. The Bertz CT molecular complexity index is 391. The first-order valence-electron chi connectivity index (χ1n) is 4.80. The number of carboxylic acid groups (broad SMARTS) is 1. The quantitative estimate of drug-likeness (QED) is 0.877. The fourth-order valence-corrected chi connectivity index (χ4v) is 2.63. The monoisotopic (exact) mass is 305 g/mol. The summed E-state index contributed by atoms with van der Waals surface area (Å²) in [7, 11) is 0. The van der Waals surface area contributed by atoms with Crippen LogP contribution in [0.2, 0.25) is 0 Å². The molecular formula is C10H12BrNO3S. The normalized spacial score (nSPS) is 12.1. The molecule has 4 nitrogen and oxygen atoms in total. The van der Waals surface area contributed by atoms with Gasteiger partial charge >= 0.3 is 5.97 Å². The second-order valence-electron chi connectivity index (χ2n) is 3.25. The Morgan fingerprint density at radius 1 is 1.62 bits per heavy atom. The lowest BCUT2D eigenvalue weighted by molar-refractivity contribution is -0.141. The molecule has 0 aromatic carbocycles. The highest BCUT2D eigenvalue weighted by Gasteiger charge is 2.17. The minimum absolute atomic E-state index is 0.162. The first kappa shape index (κ1) is 13.2. The van der Waals surface area contributed by atoms with E-state index in [9.17, 15) is 9.59 Å². The van der Waals surface area contributed by atoms with Gasteiger partial charge in [0.1, 0.15) is 4.88 Å². The number of thiophene rings is 1. The Morgan fingerprint density at radius 2 is 2.31 bits per heavy atom. The summed E-state index contributed by atoms with van der Waals surface area (Å²) < 4.78 is 0.735. The van der Waals surface area contributed by atoms with E-state index in [1.807, 2.05) is 0 Å². The Kier molecular flexibility index (Phi) is 4.95. The number of aliphatic carboxylic acids is 1. The molecule has 1 heterocycles. The van der Waals surface area contributed by atoms with Crippen LogP contribution in [0.15, 0.2) is 15.9 Å². The van der Waals surface area contributed by atoms with E-state index in [1.165, 1.54) is 11.3 Å². The minimum Gasteiger partial charge on any atom is -0.481 e. The van der Waals surface area contributed by atoms with Gasteiger partial charge in [0.2, 0.25) is 0 Å². The first-order valence-corrected chi connectivity index (χ1v) is 6.47. The topological polar surface area (TPSA) is 66.4 Å². The number of carboxylic acids is 1. The largest absolute Gasteiger partial charge is 0.481 e. The van der Waals surface area contributed by atoms with E-state index in [2.05, 4.69) is 21.2 Å². The molecule has 0 aliphatic heterocycles. The maximum Gasteiger partial charge on any atom is 0.308 e. The number of rotatable bonds is 5. The molecule has 0 aliphatic rings. The van der Waals surface area contributed by atoms with Crippen molar-refractivity contribution in [3.05, 3.63) is 20.8 Å². The number of hydrogen-bond acceptors (Lipinski definition) is 3. The van der Waals surface area contributed by atoms with Gasteiger partial charge in [-0.2, -0.15) is 0 Å². The number of carbonyl (C=O) groups excluding carboxylic acids is 1. The summed E-state index contributed by atoms with van der Waals surface area (Å²) >= 11 is 4.57. The average Bonchev–Trinajstić information content (AvgIpc) is 2.64. The second-order valence-corrected chi connectivity index (χ2v) is 5.02. The molecule has 1 aromatic rings. The number of halogens is 1. The van der Waals surface area contributed by atoms with E-state index >= 15 is 0 Å². The molecule has 0 bridgehead atoms. The molecule has 16 heavy (non-hydrogen) atoms. The highest BCUT2D eigenvalue weighted by molar-refractivity contribution is 9.10. The summed E-state index contributed by atoms with van der Waals surface area (Å²) in [5, 5.41) is 13.2. The Balaban J connectivity index is 2.53. The lowest BCUT2D eigenvalue weighted by Gasteiger charge is -2.10. The van der Waals surface area contributed by atoms with Crippen LogP contribution in [0.4, 0.5) is 0 Å². The van der Waals surface area contributed by atoms with Crippen LogP contribution in [0, 0.1) is 5.92 Å². The Morgan fingerprint density at radius 3 is 2.75 bits per heavy atom. The fourth-order valence-electron chi connectivity index (χ4n) is 1.16. The molecule has 0 aliphatic carbocycles. The molecule has 0 spiro atoms. The molecule has 2 N–H and O–H groups in total. The zero-order valence-corrected chi connectivity index (χ0v) is 11.1. The third-order valence-electron chi connectivity index (χ3n) is 2.17. The van der Waals surface area contributed by atoms with Crippen LogP contribution in [0.25, 0.3) is 0 Å². The van der Waals surface area contributed by atoms with Gasteiger partial charge in [-0.15, -0.1) is 11.3 Å². The van der Waals surface area contributed by atoms with Gasteiger partial charge in [0.25, 0.3) is 5.91 Å². The molecule has 1 rings (SSSR count). The minimum atomic E-state index is -0.881. The molecule has 1 amide bonds. The van der Waals surface area contributed by atoms with Crippen molar-refractivity contribution in [2.24, 2.45) is 5.92 Å². The SMILES string of the molecule is CCC(CNC(=O)c1sccc1Br)C(=O)O. The van der Waals surface area contributed by atoms with Gasteiger partial charge < -0.3 is 10.4 Å².